The van der Waals surface area contributed by atoms with Crippen LogP contribution in [0.2, 0.25) is 0 Å². The minimum Gasteiger partial charge on any atom is -0.486 e. The number of amides is 2. The monoisotopic (exact) mass is 399 g/mol. The van der Waals surface area contributed by atoms with Crippen molar-refractivity contribution in [3.63, 3.8) is 0 Å². The average molecular weight is 400 g/mol. The molecule has 1 atom stereocenters. The molecule has 7 heteroatoms. The second kappa shape index (κ2) is 7.20. The second-order valence-electron chi connectivity index (χ2n) is 7.65. The van der Waals surface area contributed by atoms with Crippen molar-refractivity contribution < 1.29 is 14.3 Å². The molecule has 2 aromatic rings. The van der Waals surface area contributed by atoms with Gasteiger partial charge in [0, 0.05) is 37.2 Å². The van der Waals surface area contributed by atoms with Crippen molar-refractivity contribution >= 4 is 28.8 Å². The summed E-state index contributed by atoms with van der Waals surface area (Å²) < 4.78 is 5.19. The Balaban J connectivity index is 1.62. The molecule has 0 radical (unpaired) electrons. The number of methoxy groups -OCH3 is 1. The molecule has 0 N–H and O–H groups in total. The van der Waals surface area contributed by atoms with Crippen LogP contribution in [-0.2, 0) is 21.4 Å². The Hall–Kier alpha value is -2.41. The van der Waals surface area contributed by atoms with E-state index < -0.39 is 0 Å². The number of aryl methyl sites for hydroxylation is 1. The maximum Gasteiger partial charge on any atom is 0.233 e. The molecule has 0 saturated carbocycles. The third-order valence-electron chi connectivity index (χ3n) is 5.82. The maximum atomic E-state index is 13.1. The summed E-state index contributed by atoms with van der Waals surface area (Å²) in [7, 11) is 1.60. The van der Waals surface area contributed by atoms with E-state index in [1.165, 1.54) is 22.5 Å². The second-order valence-corrected chi connectivity index (χ2v) is 8.73. The molecule has 148 valence electrons. The van der Waals surface area contributed by atoms with Gasteiger partial charge in [0.05, 0.1) is 19.7 Å². The van der Waals surface area contributed by atoms with Crippen molar-refractivity contribution in [2.24, 2.45) is 0 Å². The van der Waals surface area contributed by atoms with Gasteiger partial charge in [0.1, 0.15) is 5.01 Å². The molecule has 1 aromatic heterocycles. The molecule has 28 heavy (non-hydrogen) atoms. The molecule has 4 rings (SSSR count). The lowest BCUT2D eigenvalue weighted by atomic mass is 9.81. The van der Waals surface area contributed by atoms with Gasteiger partial charge in [0.15, 0.2) is 5.06 Å². The van der Waals surface area contributed by atoms with Crippen LogP contribution in [0.5, 0.6) is 5.06 Å². The number of ether oxygens (including phenoxy) is 1. The van der Waals surface area contributed by atoms with Gasteiger partial charge in [0.25, 0.3) is 0 Å². The molecule has 1 spiro atoms. The molecule has 6 nitrogen and oxygen atoms in total. The number of likely N-dealkylation sites (tertiary alicyclic amines) is 1. The van der Waals surface area contributed by atoms with Crippen molar-refractivity contribution in [1.82, 2.24) is 9.88 Å². The van der Waals surface area contributed by atoms with Crippen LogP contribution in [0.15, 0.2) is 24.4 Å². The van der Waals surface area contributed by atoms with Crippen LogP contribution in [-0.4, -0.2) is 48.4 Å². The van der Waals surface area contributed by atoms with Crippen LogP contribution in [0.1, 0.15) is 35.9 Å². The lowest BCUT2D eigenvalue weighted by Crippen LogP contribution is -2.40. The van der Waals surface area contributed by atoms with Crippen LogP contribution >= 0.6 is 11.3 Å². The van der Waals surface area contributed by atoms with E-state index in [9.17, 15) is 9.59 Å². The zero-order valence-corrected chi connectivity index (χ0v) is 17.3. The Kier molecular flexibility index (Phi) is 4.87. The average Bonchev–Trinajstić information content (AvgIpc) is 3.40. The SMILES string of the molecule is CCC(=O)N1CC[C@@]2(C1)CN(C(=O)Cc1ncc(OC)s1)c1ccc(C)cc12. The predicted molar refractivity (Wildman–Crippen MR) is 109 cm³/mol. The Morgan fingerprint density at radius 2 is 2.11 bits per heavy atom. The Morgan fingerprint density at radius 1 is 1.29 bits per heavy atom. The van der Waals surface area contributed by atoms with Crippen molar-refractivity contribution in [2.45, 2.75) is 38.5 Å². The number of carbonyl (C=O) groups excluding carboxylic acids is 2. The van der Waals surface area contributed by atoms with E-state index in [0.29, 0.717) is 24.6 Å². The number of aromatic nitrogens is 1. The summed E-state index contributed by atoms with van der Waals surface area (Å²) in [5.74, 6) is 0.227. The van der Waals surface area contributed by atoms with Crippen molar-refractivity contribution in [3.05, 3.63) is 40.5 Å². The summed E-state index contributed by atoms with van der Waals surface area (Å²) in [6.07, 6.45) is 3.33. The van der Waals surface area contributed by atoms with E-state index in [2.05, 4.69) is 24.0 Å². The highest BCUT2D eigenvalue weighted by Gasteiger charge is 2.49. The zero-order chi connectivity index (χ0) is 19.9. The first-order valence-corrected chi connectivity index (χ1v) is 10.5. The van der Waals surface area contributed by atoms with E-state index in [-0.39, 0.29) is 23.7 Å². The molecule has 0 aliphatic carbocycles. The molecule has 1 aromatic carbocycles. The van der Waals surface area contributed by atoms with Gasteiger partial charge < -0.3 is 14.5 Å². The Labute approximate surface area is 169 Å². The molecular formula is C21H25N3O3S. The lowest BCUT2D eigenvalue weighted by molar-refractivity contribution is -0.130. The third kappa shape index (κ3) is 3.17. The quantitative estimate of drug-likeness (QED) is 0.793. The van der Waals surface area contributed by atoms with Gasteiger partial charge >= 0.3 is 0 Å². The first-order valence-electron chi connectivity index (χ1n) is 9.64. The van der Waals surface area contributed by atoms with E-state index in [0.717, 1.165) is 23.7 Å². The minimum absolute atomic E-state index is 0.0410. The number of rotatable bonds is 4. The molecular weight excluding hydrogens is 374 g/mol. The van der Waals surface area contributed by atoms with E-state index in [4.69, 9.17) is 4.74 Å². The number of carbonyl (C=O) groups is 2. The predicted octanol–water partition coefficient (Wildman–Crippen LogP) is 2.93. The Morgan fingerprint density at radius 3 is 2.82 bits per heavy atom. The van der Waals surface area contributed by atoms with Gasteiger partial charge in [-0.3, -0.25) is 9.59 Å². The van der Waals surface area contributed by atoms with Gasteiger partial charge in [-0.05, 0) is 25.0 Å². The van der Waals surface area contributed by atoms with Gasteiger partial charge in [-0.2, -0.15) is 0 Å². The molecule has 0 bridgehead atoms. The van der Waals surface area contributed by atoms with Crippen LogP contribution in [0, 0.1) is 6.92 Å². The summed E-state index contributed by atoms with van der Waals surface area (Å²) >= 11 is 1.40. The number of hydrogen-bond acceptors (Lipinski definition) is 5. The molecule has 3 heterocycles. The van der Waals surface area contributed by atoms with Crippen LogP contribution < -0.4 is 9.64 Å². The molecule has 1 saturated heterocycles. The topological polar surface area (TPSA) is 62.7 Å². The molecule has 2 amide bonds. The highest BCUT2D eigenvalue weighted by molar-refractivity contribution is 7.13. The van der Waals surface area contributed by atoms with Crippen molar-refractivity contribution in [3.8, 4) is 5.06 Å². The van der Waals surface area contributed by atoms with E-state index in [1.807, 2.05) is 22.8 Å². The summed E-state index contributed by atoms with van der Waals surface area (Å²) in [5.41, 5.74) is 3.19. The minimum atomic E-state index is -0.164. The highest BCUT2D eigenvalue weighted by Crippen LogP contribution is 2.47. The summed E-state index contributed by atoms with van der Waals surface area (Å²) in [6, 6.07) is 6.29. The first-order chi connectivity index (χ1) is 13.5. The summed E-state index contributed by atoms with van der Waals surface area (Å²) in [5, 5.41) is 1.46. The van der Waals surface area contributed by atoms with Crippen LogP contribution in [0.3, 0.4) is 0 Å². The fourth-order valence-corrected chi connectivity index (χ4v) is 5.08. The third-order valence-corrected chi connectivity index (χ3v) is 6.78. The molecule has 0 unspecified atom stereocenters. The smallest absolute Gasteiger partial charge is 0.233 e. The van der Waals surface area contributed by atoms with E-state index in [1.54, 1.807) is 13.3 Å². The highest BCUT2D eigenvalue weighted by atomic mass is 32.1. The number of nitrogens with zero attached hydrogens (tertiary/aromatic N) is 3. The fourth-order valence-electron chi connectivity index (χ4n) is 4.36. The van der Waals surface area contributed by atoms with Crippen LogP contribution in [0.25, 0.3) is 0 Å². The van der Waals surface area contributed by atoms with Gasteiger partial charge in [0.2, 0.25) is 11.8 Å². The van der Waals surface area contributed by atoms with Crippen molar-refractivity contribution in [2.75, 3.05) is 31.6 Å². The summed E-state index contributed by atoms with van der Waals surface area (Å²) in [4.78, 5) is 33.5. The fraction of sp³-hybridized carbons (Fsp3) is 0.476. The summed E-state index contributed by atoms with van der Waals surface area (Å²) in [6.45, 7) is 6.04. The van der Waals surface area contributed by atoms with Gasteiger partial charge in [-0.15, -0.1) is 0 Å². The zero-order valence-electron chi connectivity index (χ0n) is 16.5. The van der Waals surface area contributed by atoms with Gasteiger partial charge in [-0.1, -0.05) is 36.0 Å². The lowest BCUT2D eigenvalue weighted by Gasteiger charge is -2.25. The largest absolute Gasteiger partial charge is 0.486 e. The Bertz CT molecular complexity index is 925. The number of hydrogen-bond donors (Lipinski definition) is 0. The normalized spacial score (nSPS) is 20.7. The number of benzene rings is 1. The number of anilines is 1. The first kappa shape index (κ1) is 18.9. The van der Waals surface area contributed by atoms with Crippen molar-refractivity contribution in [1.29, 1.82) is 0 Å². The number of fused-ring (bicyclic) bond motifs is 2. The molecule has 2 aliphatic heterocycles. The standard InChI is InChI=1S/C21H25N3O3S/c1-4-18(25)23-8-7-21(12-23)13-24(16-6-5-14(2)9-15(16)21)19(26)10-17-22-11-20(27-3)28-17/h5-6,9,11H,4,7-8,10,12-13H2,1-3H3/t21-/m1/s1. The van der Waals surface area contributed by atoms with E-state index >= 15 is 0 Å². The van der Waals surface area contributed by atoms with Gasteiger partial charge in [-0.25, -0.2) is 4.98 Å². The number of thiazole rings is 1. The maximum absolute atomic E-state index is 13.1. The van der Waals surface area contributed by atoms with Crippen LogP contribution in [0.4, 0.5) is 5.69 Å². The molecule has 2 aliphatic rings. The molecule has 1 fully saturated rings.